The summed E-state index contributed by atoms with van der Waals surface area (Å²) in [6.07, 6.45) is 3.22. The number of hydrogen-bond donors (Lipinski definition) is 0. The summed E-state index contributed by atoms with van der Waals surface area (Å²) in [7, 11) is 0. The Kier molecular flexibility index (Phi) is 2.13. The molecule has 0 radical (unpaired) electrons. The minimum Gasteiger partial charge on any atom is -0.267 e. The average molecular weight is 182 g/mol. The maximum Gasteiger partial charge on any atom is 0.0533 e. The Morgan fingerprint density at radius 1 is 1.58 bits per heavy atom. The lowest BCUT2D eigenvalue weighted by Crippen LogP contribution is -2.11. The van der Waals surface area contributed by atoms with Crippen molar-refractivity contribution < 1.29 is 0 Å². The first kappa shape index (κ1) is 8.17. The van der Waals surface area contributed by atoms with Gasteiger partial charge >= 0.3 is 0 Å². The molecular weight excluding hydrogens is 168 g/mol. The van der Waals surface area contributed by atoms with E-state index in [-0.39, 0.29) is 0 Å². The molecule has 1 aliphatic heterocycles. The molecule has 0 N–H and O–H groups in total. The summed E-state index contributed by atoms with van der Waals surface area (Å²) in [4.78, 5) is 0. The van der Waals surface area contributed by atoms with Crippen LogP contribution in [0.25, 0.3) is 0 Å². The van der Waals surface area contributed by atoms with Crippen molar-refractivity contribution in [1.29, 1.82) is 0 Å². The summed E-state index contributed by atoms with van der Waals surface area (Å²) in [6.45, 7) is 4.38. The molecule has 0 saturated carbocycles. The van der Waals surface area contributed by atoms with E-state index in [1.165, 1.54) is 23.4 Å². The SMILES string of the molecule is CC(C)n1ncc2c1CCSC2. The highest BCUT2D eigenvalue weighted by Crippen LogP contribution is 2.25. The average Bonchev–Trinajstić information content (AvgIpc) is 2.47. The molecule has 12 heavy (non-hydrogen) atoms. The summed E-state index contributed by atoms with van der Waals surface area (Å²) in [5.74, 6) is 2.41. The van der Waals surface area contributed by atoms with E-state index in [9.17, 15) is 0 Å². The van der Waals surface area contributed by atoms with Crippen molar-refractivity contribution in [3.05, 3.63) is 17.5 Å². The molecule has 2 rings (SSSR count). The van der Waals surface area contributed by atoms with E-state index < -0.39 is 0 Å². The van der Waals surface area contributed by atoms with Gasteiger partial charge in [0.2, 0.25) is 0 Å². The minimum absolute atomic E-state index is 0.511. The van der Waals surface area contributed by atoms with Gasteiger partial charge in [-0.25, -0.2) is 0 Å². The van der Waals surface area contributed by atoms with Crippen LogP contribution in [0.5, 0.6) is 0 Å². The number of rotatable bonds is 1. The van der Waals surface area contributed by atoms with Gasteiger partial charge in [0.25, 0.3) is 0 Å². The fraction of sp³-hybridized carbons (Fsp3) is 0.667. The van der Waals surface area contributed by atoms with Crippen LogP contribution in [0.3, 0.4) is 0 Å². The summed E-state index contributed by atoms with van der Waals surface area (Å²) in [5, 5.41) is 4.40. The van der Waals surface area contributed by atoms with E-state index in [0.717, 1.165) is 5.75 Å². The molecule has 3 heteroatoms. The van der Waals surface area contributed by atoms with Crippen LogP contribution >= 0.6 is 11.8 Å². The van der Waals surface area contributed by atoms with Crippen LogP contribution < -0.4 is 0 Å². The summed E-state index contributed by atoms with van der Waals surface area (Å²) < 4.78 is 2.16. The first-order valence-corrected chi connectivity index (χ1v) is 5.57. The number of aromatic nitrogens is 2. The molecule has 0 fully saturated rings. The van der Waals surface area contributed by atoms with Crippen molar-refractivity contribution in [2.75, 3.05) is 5.75 Å². The van der Waals surface area contributed by atoms with Gasteiger partial charge in [0.15, 0.2) is 0 Å². The molecule has 2 nitrogen and oxygen atoms in total. The lowest BCUT2D eigenvalue weighted by atomic mass is 10.2. The predicted molar refractivity (Wildman–Crippen MR) is 52.5 cm³/mol. The zero-order valence-corrected chi connectivity index (χ0v) is 8.40. The number of nitrogens with zero attached hydrogens (tertiary/aromatic N) is 2. The van der Waals surface area contributed by atoms with Crippen molar-refractivity contribution in [2.45, 2.75) is 32.1 Å². The Morgan fingerprint density at radius 3 is 3.17 bits per heavy atom. The van der Waals surface area contributed by atoms with E-state index in [2.05, 4.69) is 23.6 Å². The highest BCUT2D eigenvalue weighted by atomic mass is 32.2. The fourth-order valence-corrected chi connectivity index (χ4v) is 2.56. The second kappa shape index (κ2) is 3.13. The van der Waals surface area contributed by atoms with Gasteiger partial charge in [-0.05, 0) is 26.0 Å². The molecule has 0 spiro atoms. The quantitative estimate of drug-likeness (QED) is 0.663. The van der Waals surface area contributed by atoms with Crippen LogP contribution in [-0.2, 0) is 12.2 Å². The van der Waals surface area contributed by atoms with Crippen LogP contribution in [0.4, 0.5) is 0 Å². The molecule has 0 aromatic carbocycles. The Bertz CT molecular complexity index is 278. The number of thioether (sulfide) groups is 1. The first-order chi connectivity index (χ1) is 5.79. The van der Waals surface area contributed by atoms with Crippen molar-refractivity contribution in [2.24, 2.45) is 0 Å². The van der Waals surface area contributed by atoms with E-state index in [0.29, 0.717) is 6.04 Å². The molecule has 0 unspecified atom stereocenters. The number of hydrogen-bond acceptors (Lipinski definition) is 2. The maximum atomic E-state index is 4.40. The molecule has 0 saturated heterocycles. The summed E-state index contributed by atoms with van der Waals surface area (Å²) in [5.41, 5.74) is 2.91. The van der Waals surface area contributed by atoms with Gasteiger partial charge in [0.1, 0.15) is 0 Å². The zero-order chi connectivity index (χ0) is 8.55. The minimum atomic E-state index is 0.511. The van der Waals surface area contributed by atoms with Gasteiger partial charge < -0.3 is 0 Å². The fourth-order valence-electron chi connectivity index (χ4n) is 1.61. The van der Waals surface area contributed by atoms with E-state index >= 15 is 0 Å². The molecule has 0 aliphatic carbocycles. The normalized spacial score (nSPS) is 16.6. The molecule has 2 heterocycles. The van der Waals surface area contributed by atoms with Gasteiger partial charge in [-0.2, -0.15) is 16.9 Å². The van der Waals surface area contributed by atoms with Crippen LogP contribution in [0.15, 0.2) is 6.20 Å². The van der Waals surface area contributed by atoms with Crippen LogP contribution in [-0.4, -0.2) is 15.5 Å². The Morgan fingerprint density at radius 2 is 2.42 bits per heavy atom. The standard InChI is InChI=1S/C9H14N2S/c1-7(2)11-9-3-4-12-6-8(9)5-10-11/h5,7H,3-4,6H2,1-2H3. The molecule has 0 atom stereocenters. The monoisotopic (exact) mass is 182 g/mol. The molecule has 0 amide bonds. The largest absolute Gasteiger partial charge is 0.267 e. The second-order valence-corrected chi connectivity index (χ2v) is 4.56. The van der Waals surface area contributed by atoms with Crippen LogP contribution in [0.2, 0.25) is 0 Å². The van der Waals surface area contributed by atoms with Crippen molar-refractivity contribution in [3.63, 3.8) is 0 Å². The molecular formula is C9H14N2S. The third-order valence-electron chi connectivity index (χ3n) is 2.22. The third-order valence-corrected chi connectivity index (χ3v) is 3.22. The highest BCUT2D eigenvalue weighted by molar-refractivity contribution is 7.98. The molecule has 1 aromatic rings. The van der Waals surface area contributed by atoms with Gasteiger partial charge in [0, 0.05) is 23.1 Å². The highest BCUT2D eigenvalue weighted by Gasteiger charge is 2.15. The number of fused-ring (bicyclic) bond motifs is 1. The van der Waals surface area contributed by atoms with Gasteiger partial charge in [-0.1, -0.05) is 0 Å². The van der Waals surface area contributed by atoms with Gasteiger partial charge in [-0.15, -0.1) is 0 Å². The van der Waals surface area contributed by atoms with Crippen LogP contribution in [0, 0.1) is 0 Å². The van der Waals surface area contributed by atoms with Crippen molar-refractivity contribution >= 4 is 11.8 Å². The Labute approximate surface area is 77.3 Å². The summed E-state index contributed by atoms with van der Waals surface area (Å²) >= 11 is 2.01. The van der Waals surface area contributed by atoms with Gasteiger partial charge in [0.05, 0.1) is 6.20 Å². The van der Waals surface area contributed by atoms with Crippen molar-refractivity contribution in [1.82, 2.24) is 9.78 Å². The lowest BCUT2D eigenvalue weighted by molar-refractivity contribution is 0.511. The first-order valence-electron chi connectivity index (χ1n) is 4.42. The smallest absolute Gasteiger partial charge is 0.0533 e. The zero-order valence-electron chi connectivity index (χ0n) is 7.58. The predicted octanol–water partition coefficient (Wildman–Crippen LogP) is 2.25. The molecule has 1 aromatic heterocycles. The topological polar surface area (TPSA) is 17.8 Å². The van der Waals surface area contributed by atoms with Crippen LogP contribution in [0.1, 0.15) is 31.1 Å². The van der Waals surface area contributed by atoms with E-state index in [1.54, 1.807) is 0 Å². The van der Waals surface area contributed by atoms with Gasteiger partial charge in [-0.3, -0.25) is 4.68 Å². The Hall–Kier alpha value is -0.440. The Balaban J connectivity index is 2.38. The molecule has 0 bridgehead atoms. The maximum absolute atomic E-state index is 4.40. The molecule has 1 aliphatic rings. The second-order valence-electron chi connectivity index (χ2n) is 3.46. The third kappa shape index (κ3) is 1.26. The van der Waals surface area contributed by atoms with E-state index in [1.807, 2.05) is 18.0 Å². The molecule has 66 valence electrons. The van der Waals surface area contributed by atoms with Crippen molar-refractivity contribution in [3.8, 4) is 0 Å². The lowest BCUT2D eigenvalue weighted by Gasteiger charge is -2.15. The summed E-state index contributed by atoms with van der Waals surface area (Å²) in [6, 6.07) is 0.511. The van der Waals surface area contributed by atoms with E-state index in [4.69, 9.17) is 0 Å².